The number of hydrogen-bond acceptors (Lipinski definition) is 5. The smallest absolute Gasteiger partial charge is 0.272 e. The molecule has 9 heteroatoms. The summed E-state index contributed by atoms with van der Waals surface area (Å²) >= 11 is 6.08. The number of nitrogens with zero attached hydrogens (tertiary/aromatic N) is 1. The monoisotopic (exact) mass is 463 g/mol. The molecule has 8 nitrogen and oxygen atoms in total. The molecule has 0 aliphatic rings. The van der Waals surface area contributed by atoms with Crippen molar-refractivity contribution in [1.29, 1.82) is 0 Å². The highest BCUT2D eigenvalue weighted by molar-refractivity contribution is 6.34. The minimum atomic E-state index is -0.669. The first kappa shape index (κ1) is 23.4. The van der Waals surface area contributed by atoms with Crippen LogP contribution in [-0.4, -0.2) is 22.5 Å². The zero-order chi connectivity index (χ0) is 24.0. The number of nitro benzene ring substituents is 1. The fraction of sp³-hybridized carbons (Fsp3) is 0.0417. The third-order valence-electron chi connectivity index (χ3n) is 4.55. The van der Waals surface area contributed by atoms with Crippen molar-refractivity contribution < 1.29 is 19.3 Å². The second-order valence-electron chi connectivity index (χ2n) is 6.93. The lowest BCUT2D eigenvalue weighted by molar-refractivity contribution is -0.384. The van der Waals surface area contributed by atoms with Gasteiger partial charge in [0.2, 0.25) is 0 Å². The summed E-state index contributed by atoms with van der Waals surface area (Å²) in [7, 11) is 0. The van der Waals surface area contributed by atoms with Crippen molar-refractivity contribution in [2.24, 2.45) is 0 Å². The molecule has 0 unspecified atom stereocenters. The molecule has 0 heterocycles. The Morgan fingerprint density at radius 2 is 1.67 bits per heavy atom. The van der Waals surface area contributed by atoms with Crippen LogP contribution >= 0.6 is 11.6 Å². The summed E-state index contributed by atoms with van der Waals surface area (Å²) in [5, 5.41) is 16.4. The van der Waals surface area contributed by atoms with Crippen LogP contribution in [0.1, 0.15) is 33.2 Å². The third-order valence-corrected chi connectivity index (χ3v) is 4.88. The highest BCUT2D eigenvalue weighted by Gasteiger charge is 2.17. The van der Waals surface area contributed by atoms with E-state index in [-0.39, 0.29) is 27.8 Å². The summed E-state index contributed by atoms with van der Waals surface area (Å²) in [5.41, 5.74) is 1.04. The predicted octanol–water partition coefficient (Wildman–Crippen LogP) is 4.86. The van der Waals surface area contributed by atoms with Gasteiger partial charge in [-0.1, -0.05) is 35.9 Å². The Balaban J connectivity index is 1.93. The lowest BCUT2D eigenvalue weighted by Crippen LogP contribution is -2.31. The number of anilines is 1. The molecular formula is C24H18ClN3O5. The molecular weight excluding hydrogens is 446 g/mol. The van der Waals surface area contributed by atoms with Crippen LogP contribution < -0.4 is 10.6 Å². The fourth-order valence-electron chi connectivity index (χ4n) is 2.87. The van der Waals surface area contributed by atoms with Gasteiger partial charge < -0.3 is 10.6 Å². The first-order valence-corrected chi connectivity index (χ1v) is 10.1. The number of benzene rings is 3. The normalized spacial score (nSPS) is 10.9. The summed E-state index contributed by atoms with van der Waals surface area (Å²) in [4.78, 5) is 47.7. The van der Waals surface area contributed by atoms with Gasteiger partial charge in [0.25, 0.3) is 17.5 Å². The van der Waals surface area contributed by atoms with E-state index in [0.717, 1.165) is 0 Å². The van der Waals surface area contributed by atoms with Gasteiger partial charge in [-0.05, 0) is 55.0 Å². The summed E-state index contributed by atoms with van der Waals surface area (Å²) in [6.45, 7) is 1.43. The summed E-state index contributed by atoms with van der Waals surface area (Å²) < 4.78 is 0. The van der Waals surface area contributed by atoms with E-state index in [4.69, 9.17) is 11.6 Å². The SMILES string of the molecule is CC(=O)c1ccc(NC(=O)C(=Cc2cccc([N+](=O)[O-])c2)NC(=O)c2ccccc2Cl)cc1. The Morgan fingerprint density at radius 3 is 2.30 bits per heavy atom. The molecule has 0 aromatic heterocycles. The molecule has 0 aliphatic carbocycles. The van der Waals surface area contributed by atoms with Gasteiger partial charge in [0.05, 0.1) is 15.5 Å². The number of nitro groups is 1. The standard InChI is InChI=1S/C24H18ClN3O5/c1-15(29)17-9-11-18(12-10-17)26-24(31)22(14-16-5-4-6-19(13-16)28(32)33)27-23(30)20-7-2-3-8-21(20)25/h2-14H,1H3,(H,26,31)(H,27,30). The van der Waals surface area contributed by atoms with Crippen LogP contribution in [0.4, 0.5) is 11.4 Å². The van der Waals surface area contributed by atoms with E-state index in [2.05, 4.69) is 10.6 Å². The Kier molecular flexibility index (Phi) is 7.32. The second kappa shape index (κ2) is 10.3. The first-order chi connectivity index (χ1) is 15.7. The maximum atomic E-state index is 13.0. The molecule has 0 spiro atoms. The molecule has 2 N–H and O–H groups in total. The van der Waals surface area contributed by atoms with Crippen molar-refractivity contribution >= 4 is 46.6 Å². The van der Waals surface area contributed by atoms with Crippen LogP contribution in [0.15, 0.2) is 78.5 Å². The molecule has 3 aromatic carbocycles. The molecule has 3 rings (SSSR count). The molecule has 0 radical (unpaired) electrons. The topological polar surface area (TPSA) is 118 Å². The summed E-state index contributed by atoms with van der Waals surface area (Å²) in [6, 6.07) is 18.2. The van der Waals surface area contributed by atoms with Crippen molar-refractivity contribution in [3.05, 3.63) is 110 Å². The maximum Gasteiger partial charge on any atom is 0.272 e. The highest BCUT2D eigenvalue weighted by atomic mass is 35.5. The number of carbonyl (C=O) groups is 3. The number of nitrogens with one attached hydrogen (secondary N) is 2. The Hall–Kier alpha value is -4.30. The maximum absolute atomic E-state index is 13.0. The average Bonchev–Trinajstić information content (AvgIpc) is 2.79. The predicted molar refractivity (Wildman–Crippen MR) is 125 cm³/mol. The number of Topliss-reactive ketones (excluding diaryl/α,β-unsaturated/α-hetero) is 1. The number of non-ortho nitro benzene ring substituents is 1. The molecule has 0 aliphatic heterocycles. The molecule has 3 aromatic rings. The molecule has 166 valence electrons. The van der Waals surface area contributed by atoms with Crippen molar-refractivity contribution in [3.8, 4) is 0 Å². The van der Waals surface area contributed by atoms with Gasteiger partial charge >= 0.3 is 0 Å². The Morgan fingerprint density at radius 1 is 0.970 bits per heavy atom. The van der Waals surface area contributed by atoms with Crippen LogP contribution in [0.25, 0.3) is 6.08 Å². The Labute approximate surface area is 194 Å². The van der Waals surface area contributed by atoms with E-state index in [0.29, 0.717) is 16.8 Å². The lowest BCUT2D eigenvalue weighted by atomic mass is 10.1. The van der Waals surface area contributed by atoms with E-state index in [1.54, 1.807) is 42.5 Å². The average molecular weight is 464 g/mol. The quantitative estimate of drug-likeness (QED) is 0.224. The zero-order valence-corrected chi connectivity index (χ0v) is 18.1. The summed E-state index contributed by atoms with van der Waals surface area (Å²) in [6.07, 6.45) is 1.32. The number of carbonyl (C=O) groups excluding carboxylic acids is 3. The van der Waals surface area contributed by atoms with Gasteiger partial charge in [0, 0.05) is 23.4 Å². The van der Waals surface area contributed by atoms with Gasteiger partial charge in [0.1, 0.15) is 5.70 Å². The van der Waals surface area contributed by atoms with Crippen LogP contribution in [0.3, 0.4) is 0 Å². The van der Waals surface area contributed by atoms with E-state index >= 15 is 0 Å². The summed E-state index contributed by atoms with van der Waals surface area (Å²) in [5.74, 6) is -1.41. The van der Waals surface area contributed by atoms with Crippen LogP contribution in [-0.2, 0) is 4.79 Å². The zero-order valence-electron chi connectivity index (χ0n) is 17.4. The number of hydrogen-bond donors (Lipinski definition) is 2. The third kappa shape index (κ3) is 6.11. The largest absolute Gasteiger partial charge is 0.321 e. The molecule has 33 heavy (non-hydrogen) atoms. The van der Waals surface area contributed by atoms with Crippen molar-refractivity contribution in [2.45, 2.75) is 6.92 Å². The minimum Gasteiger partial charge on any atom is -0.321 e. The highest BCUT2D eigenvalue weighted by Crippen LogP contribution is 2.19. The number of halogens is 1. The van der Waals surface area contributed by atoms with E-state index in [9.17, 15) is 24.5 Å². The number of ketones is 1. The number of amides is 2. The molecule has 0 saturated heterocycles. The van der Waals surface area contributed by atoms with Gasteiger partial charge in [-0.2, -0.15) is 0 Å². The fourth-order valence-corrected chi connectivity index (χ4v) is 3.10. The van der Waals surface area contributed by atoms with Gasteiger partial charge in [-0.25, -0.2) is 0 Å². The molecule has 2 amide bonds. The van der Waals surface area contributed by atoms with Gasteiger partial charge in [-0.15, -0.1) is 0 Å². The van der Waals surface area contributed by atoms with Crippen LogP contribution in [0.5, 0.6) is 0 Å². The van der Waals surface area contributed by atoms with E-state index in [1.165, 1.54) is 43.3 Å². The van der Waals surface area contributed by atoms with E-state index in [1.807, 2.05) is 0 Å². The van der Waals surface area contributed by atoms with Crippen LogP contribution in [0.2, 0.25) is 5.02 Å². The van der Waals surface area contributed by atoms with Crippen molar-refractivity contribution in [3.63, 3.8) is 0 Å². The molecule has 0 saturated carbocycles. The Bertz CT molecular complexity index is 1270. The van der Waals surface area contributed by atoms with Crippen molar-refractivity contribution in [1.82, 2.24) is 5.32 Å². The van der Waals surface area contributed by atoms with Crippen LogP contribution in [0, 0.1) is 10.1 Å². The van der Waals surface area contributed by atoms with Crippen molar-refractivity contribution in [2.75, 3.05) is 5.32 Å². The van der Waals surface area contributed by atoms with Gasteiger partial charge in [-0.3, -0.25) is 24.5 Å². The second-order valence-corrected chi connectivity index (χ2v) is 7.34. The molecule has 0 bridgehead atoms. The van der Waals surface area contributed by atoms with Gasteiger partial charge in [0.15, 0.2) is 5.78 Å². The van der Waals surface area contributed by atoms with E-state index < -0.39 is 16.7 Å². The molecule has 0 atom stereocenters. The molecule has 0 fully saturated rings. The first-order valence-electron chi connectivity index (χ1n) is 9.69. The lowest BCUT2D eigenvalue weighted by Gasteiger charge is -2.12. The number of rotatable bonds is 7. The minimum absolute atomic E-state index is 0.119.